The highest BCUT2D eigenvalue weighted by Gasteiger charge is 2.49. The fraction of sp³-hybridized carbons (Fsp3) is 0.643. The van der Waals surface area contributed by atoms with Gasteiger partial charge >= 0.3 is 0 Å². The van der Waals surface area contributed by atoms with E-state index in [9.17, 15) is 0 Å². The molecule has 3 rings (SSSR count). The molecule has 3 heterocycles. The molecule has 19 heavy (non-hydrogen) atoms. The summed E-state index contributed by atoms with van der Waals surface area (Å²) in [5.74, 6) is 1.56. The maximum absolute atomic E-state index is 4.55. The van der Waals surface area contributed by atoms with Gasteiger partial charge in [-0.3, -0.25) is 9.88 Å². The Hall–Kier alpha value is 0.0300. The topological polar surface area (TPSA) is 28.2 Å². The lowest BCUT2D eigenvalue weighted by atomic mass is 9.85. The van der Waals surface area contributed by atoms with Crippen LogP contribution in [-0.4, -0.2) is 35.1 Å². The van der Waals surface area contributed by atoms with Crippen LogP contribution in [-0.2, 0) is 6.54 Å². The first-order valence-corrected chi connectivity index (χ1v) is 8.33. The van der Waals surface area contributed by atoms with Gasteiger partial charge in [0.2, 0.25) is 0 Å². The van der Waals surface area contributed by atoms with Gasteiger partial charge < -0.3 is 5.32 Å². The van der Waals surface area contributed by atoms with Crippen LogP contribution < -0.4 is 5.32 Å². The number of likely N-dealkylation sites (tertiary alicyclic amines) is 1. The fourth-order valence-electron chi connectivity index (χ4n) is 3.51. The summed E-state index contributed by atoms with van der Waals surface area (Å²) in [6, 6.07) is 2.08. The molecule has 0 spiro atoms. The zero-order chi connectivity index (χ0) is 13.6. The minimum absolute atomic E-state index is 0.252. The Morgan fingerprint density at radius 2 is 2.21 bits per heavy atom. The van der Waals surface area contributed by atoms with Gasteiger partial charge in [0, 0.05) is 40.3 Å². The first kappa shape index (κ1) is 14.0. The number of aromatic nitrogens is 1. The molecule has 0 aromatic carbocycles. The summed E-state index contributed by atoms with van der Waals surface area (Å²) in [4.78, 5) is 7.14. The molecule has 2 fully saturated rings. The van der Waals surface area contributed by atoms with E-state index in [-0.39, 0.29) is 5.54 Å². The van der Waals surface area contributed by atoms with E-state index in [0.717, 1.165) is 39.6 Å². The third kappa shape index (κ3) is 2.50. The van der Waals surface area contributed by atoms with E-state index in [1.54, 1.807) is 0 Å². The molecule has 5 heteroatoms. The summed E-state index contributed by atoms with van der Waals surface area (Å²) in [5.41, 5.74) is 1.38. The molecule has 2 unspecified atom stereocenters. The largest absolute Gasteiger partial charge is 0.316 e. The van der Waals surface area contributed by atoms with Crippen LogP contribution in [0.5, 0.6) is 0 Å². The standard InChI is InChI=1S/C14H19Br2N3/c1-14(2)11-6-17-4-9(11)7-19(14)8-13-12(16)3-10(15)5-18-13/h3,5,9,11,17H,4,6-8H2,1-2H3. The Morgan fingerprint density at radius 3 is 2.89 bits per heavy atom. The molecule has 0 amide bonds. The highest BCUT2D eigenvalue weighted by Crippen LogP contribution is 2.41. The highest BCUT2D eigenvalue weighted by molar-refractivity contribution is 9.11. The molecule has 0 radical (unpaired) electrons. The Balaban J connectivity index is 1.80. The number of hydrogen-bond acceptors (Lipinski definition) is 3. The number of halogens is 2. The minimum Gasteiger partial charge on any atom is -0.316 e. The molecule has 0 saturated carbocycles. The number of pyridine rings is 1. The van der Waals surface area contributed by atoms with Crippen molar-refractivity contribution < 1.29 is 0 Å². The average Bonchev–Trinajstić information content (AvgIpc) is 2.87. The molecule has 1 N–H and O–H groups in total. The van der Waals surface area contributed by atoms with Gasteiger partial charge in [-0.1, -0.05) is 0 Å². The lowest BCUT2D eigenvalue weighted by molar-refractivity contribution is 0.130. The van der Waals surface area contributed by atoms with Crippen molar-refractivity contribution in [2.75, 3.05) is 19.6 Å². The van der Waals surface area contributed by atoms with E-state index in [0.29, 0.717) is 0 Å². The predicted molar refractivity (Wildman–Crippen MR) is 84.0 cm³/mol. The zero-order valence-corrected chi connectivity index (χ0v) is 14.5. The van der Waals surface area contributed by atoms with Gasteiger partial charge in [0.05, 0.1) is 5.69 Å². The first-order valence-electron chi connectivity index (χ1n) is 6.74. The molecule has 0 aliphatic carbocycles. The Labute approximate surface area is 131 Å². The van der Waals surface area contributed by atoms with Crippen molar-refractivity contribution in [3.63, 3.8) is 0 Å². The van der Waals surface area contributed by atoms with Gasteiger partial charge in [-0.15, -0.1) is 0 Å². The maximum atomic E-state index is 4.55. The van der Waals surface area contributed by atoms with Crippen LogP contribution in [0.4, 0.5) is 0 Å². The lowest BCUT2D eigenvalue weighted by Gasteiger charge is -2.35. The molecular formula is C14H19Br2N3. The zero-order valence-electron chi connectivity index (χ0n) is 11.3. The molecule has 2 aliphatic heterocycles. The quantitative estimate of drug-likeness (QED) is 0.843. The summed E-state index contributed by atoms with van der Waals surface area (Å²) in [7, 11) is 0. The molecule has 1 aromatic rings. The highest BCUT2D eigenvalue weighted by atomic mass is 79.9. The van der Waals surface area contributed by atoms with Crippen LogP contribution in [0.2, 0.25) is 0 Å². The van der Waals surface area contributed by atoms with Gasteiger partial charge in [-0.05, 0) is 70.2 Å². The first-order chi connectivity index (χ1) is 8.98. The van der Waals surface area contributed by atoms with Crippen molar-refractivity contribution in [3.05, 3.63) is 26.9 Å². The number of fused-ring (bicyclic) bond motifs is 1. The number of nitrogens with zero attached hydrogens (tertiary/aromatic N) is 2. The van der Waals surface area contributed by atoms with Gasteiger partial charge in [0.1, 0.15) is 0 Å². The van der Waals surface area contributed by atoms with E-state index >= 15 is 0 Å². The normalized spacial score (nSPS) is 29.7. The summed E-state index contributed by atoms with van der Waals surface area (Å²) >= 11 is 7.08. The second kappa shape index (κ2) is 5.10. The fourth-order valence-corrected chi connectivity index (χ4v) is 4.63. The van der Waals surface area contributed by atoms with Crippen molar-refractivity contribution in [2.24, 2.45) is 11.8 Å². The van der Waals surface area contributed by atoms with Crippen LogP contribution in [0, 0.1) is 11.8 Å². The second-order valence-electron chi connectivity index (χ2n) is 6.14. The molecule has 0 bridgehead atoms. The van der Waals surface area contributed by atoms with E-state index in [4.69, 9.17) is 0 Å². The van der Waals surface area contributed by atoms with Crippen molar-refractivity contribution in [1.29, 1.82) is 0 Å². The smallest absolute Gasteiger partial charge is 0.0686 e. The van der Waals surface area contributed by atoms with Crippen LogP contribution in [0.1, 0.15) is 19.5 Å². The van der Waals surface area contributed by atoms with E-state index < -0.39 is 0 Å². The van der Waals surface area contributed by atoms with Crippen molar-refractivity contribution in [2.45, 2.75) is 25.9 Å². The Bertz CT molecular complexity index is 490. The van der Waals surface area contributed by atoms with Crippen molar-refractivity contribution >= 4 is 31.9 Å². The summed E-state index contributed by atoms with van der Waals surface area (Å²) in [6.07, 6.45) is 1.88. The molecule has 2 saturated heterocycles. The van der Waals surface area contributed by atoms with Gasteiger partial charge in [0.25, 0.3) is 0 Å². The molecule has 3 nitrogen and oxygen atoms in total. The summed E-state index contributed by atoms with van der Waals surface area (Å²) in [6.45, 7) is 9.17. The Kier molecular flexibility index (Phi) is 3.75. The third-order valence-electron chi connectivity index (χ3n) is 4.74. The molecule has 1 aromatic heterocycles. The van der Waals surface area contributed by atoms with Crippen LogP contribution in [0.3, 0.4) is 0 Å². The lowest BCUT2D eigenvalue weighted by Crippen LogP contribution is -2.44. The van der Waals surface area contributed by atoms with Crippen molar-refractivity contribution in [1.82, 2.24) is 15.2 Å². The maximum Gasteiger partial charge on any atom is 0.0686 e. The molecular weight excluding hydrogens is 370 g/mol. The SMILES string of the molecule is CC1(C)C2CNCC2CN1Cc1ncc(Br)cc1Br. The van der Waals surface area contributed by atoms with Gasteiger partial charge in [-0.25, -0.2) is 0 Å². The van der Waals surface area contributed by atoms with E-state index in [1.165, 1.54) is 13.1 Å². The second-order valence-corrected chi connectivity index (χ2v) is 7.91. The van der Waals surface area contributed by atoms with E-state index in [2.05, 4.69) is 67.0 Å². The van der Waals surface area contributed by atoms with Gasteiger partial charge in [-0.2, -0.15) is 0 Å². The summed E-state index contributed by atoms with van der Waals surface area (Å²) < 4.78 is 2.11. The molecule has 104 valence electrons. The van der Waals surface area contributed by atoms with Crippen molar-refractivity contribution in [3.8, 4) is 0 Å². The summed E-state index contributed by atoms with van der Waals surface area (Å²) in [5, 5.41) is 3.53. The minimum atomic E-state index is 0.252. The predicted octanol–water partition coefficient (Wildman–Crippen LogP) is 3.04. The Morgan fingerprint density at radius 1 is 1.42 bits per heavy atom. The molecule has 2 aliphatic rings. The number of rotatable bonds is 2. The van der Waals surface area contributed by atoms with Crippen LogP contribution in [0.25, 0.3) is 0 Å². The third-order valence-corrected chi connectivity index (χ3v) is 5.86. The molecule has 2 atom stereocenters. The number of nitrogens with one attached hydrogen (secondary N) is 1. The van der Waals surface area contributed by atoms with E-state index in [1.807, 2.05) is 6.20 Å². The van der Waals surface area contributed by atoms with Crippen LogP contribution >= 0.6 is 31.9 Å². The van der Waals surface area contributed by atoms with Gasteiger partial charge in [0.15, 0.2) is 0 Å². The monoisotopic (exact) mass is 387 g/mol. The number of hydrogen-bond donors (Lipinski definition) is 1. The van der Waals surface area contributed by atoms with Crippen LogP contribution in [0.15, 0.2) is 21.2 Å². The average molecular weight is 389 g/mol.